The van der Waals surface area contributed by atoms with Crippen molar-refractivity contribution in [1.82, 2.24) is 5.32 Å². The molecule has 2 aromatic carbocycles. The Labute approximate surface area is 121 Å². The van der Waals surface area contributed by atoms with Crippen LogP contribution in [-0.2, 0) is 12.0 Å². The molecule has 2 N–H and O–H groups in total. The van der Waals surface area contributed by atoms with Gasteiger partial charge in [-0.25, -0.2) is 0 Å². The Bertz CT molecular complexity index is 594. The van der Waals surface area contributed by atoms with Gasteiger partial charge in [-0.2, -0.15) is 0 Å². The molecule has 1 aliphatic rings. The van der Waals surface area contributed by atoms with Gasteiger partial charge in [0.1, 0.15) is 6.17 Å². The second kappa shape index (κ2) is 4.95. The molecule has 2 heteroatoms. The lowest BCUT2D eigenvalue weighted by molar-refractivity contribution is 0.562. The zero-order valence-electron chi connectivity index (χ0n) is 12.4. The van der Waals surface area contributed by atoms with Crippen LogP contribution in [0, 0.1) is 0 Å². The van der Waals surface area contributed by atoms with Gasteiger partial charge >= 0.3 is 0 Å². The summed E-state index contributed by atoms with van der Waals surface area (Å²) in [4.78, 5) is 0. The van der Waals surface area contributed by atoms with Gasteiger partial charge in [0.15, 0.2) is 0 Å². The molecule has 0 saturated carbocycles. The summed E-state index contributed by atoms with van der Waals surface area (Å²) in [5, 5.41) is 7.10. The molecule has 0 fully saturated rings. The molecule has 0 aromatic heterocycles. The van der Waals surface area contributed by atoms with Gasteiger partial charge in [0, 0.05) is 12.2 Å². The molecule has 0 saturated heterocycles. The van der Waals surface area contributed by atoms with Crippen molar-refractivity contribution in [3.05, 3.63) is 65.2 Å². The molecule has 0 aliphatic carbocycles. The van der Waals surface area contributed by atoms with E-state index in [0.29, 0.717) is 0 Å². The average molecular weight is 266 g/mol. The van der Waals surface area contributed by atoms with Crippen LogP contribution < -0.4 is 10.6 Å². The van der Waals surface area contributed by atoms with Gasteiger partial charge in [-0.15, -0.1) is 0 Å². The van der Waals surface area contributed by atoms with E-state index in [4.69, 9.17) is 0 Å². The predicted molar refractivity (Wildman–Crippen MR) is 84.8 cm³/mol. The van der Waals surface area contributed by atoms with Gasteiger partial charge in [-0.1, -0.05) is 63.2 Å². The number of benzene rings is 2. The van der Waals surface area contributed by atoms with Crippen molar-refractivity contribution in [2.24, 2.45) is 0 Å². The molecule has 0 spiro atoms. The van der Waals surface area contributed by atoms with E-state index in [1.165, 1.54) is 22.4 Å². The first kappa shape index (κ1) is 13.2. The van der Waals surface area contributed by atoms with Gasteiger partial charge in [0.2, 0.25) is 0 Å². The van der Waals surface area contributed by atoms with Crippen molar-refractivity contribution < 1.29 is 0 Å². The number of rotatable bonds is 1. The number of para-hydroxylation sites is 1. The van der Waals surface area contributed by atoms with E-state index in [-0.39, 0.29) is 11.6 Å². The number of fused-ring (bicyclic) bond motifs is 1. The van der Waals surface area contributed by atoms with Crippen LogP contribution in [0.5, 0.6) is 0 Å². The molecule has 1 unspecified atom stereocenters. The highest BCUT2D eigenvalue weighted by Gasteiger charge is 2.19. The van der Waals surface area contributed by atoms with Gasteiger partial charge in [0.05, 0.1) is 0 Å². The van der Waals surface area contributed by atoms with Crippen LogP contribution in [0.15, 0.2) is 48.5 Å². The van der Waals surface area contributed by atoms with Gasteiger partial charge in [0.25, 0.3) is 0 Å². The van der Waals surface area contributed by atoms with Crippen molar-refractivity contribution in [2.45, 2.75) is 38.9 Å². The summed E-state index contributed by atoms with van der Waals surface area (Å²) in [6, 6.07) is 17.4. The molecular formula is C18H22N2. The minimum absolute atomic E-state index is 0.193. The third kappa shape index (κ3) is 2.56. The van der Waals surface area contributed by atoms with Crippen LogP contribution in [0.4, 0.5) is 5.69 Å². The molecular weight excluding hydrogens is 244 g/mol. The van der Waals surface area contributed by atoms with Crippen LogP contribution in [0.3, 0.4) is 0 Å². The molecule has 2 nitrogen and oxygen atoms in total. The minimum Gasteiger partial charge on any atom is -0.366 e. The van der Waals surface area contributed by atoms with Crippen molar-refractivity contribution >= 4 is 5.69 Å². The van der Waals surface area contributed by atoms with Crippen LogP contribution in [-0.4, -0.2) is 0 Å². The first-order valence-corrected chi connectivity index (χ1v) is 7.22. The normalized spacial score (nSPS) is 18.2. The maximum absolute atomic E-state index is 3.56. The summed E-state index contributed by atoms with van der Waals surface area (Å²) < 4.78 is 0. The van der Waals surface area contributed by atoms with Crippen LogP contribution in [0.25, 0.3) is 0 Å². The summed E-state index contributed by atoms with van der Waals surface area (Å²) >= 11 is 0. The van der Waals surface area contributed by atoms with E-state index >= 15 is 0 Å². The summed E-state index contributed by atoms with van der Waals surface area (Å²) in [6.45, 7) is 7.65. The number of anilines is 1. The third-order valence-corrected chi connectivity index (χ3v) is 3.92. The lowest BCUT2D eigenvalue weighted by atomic mass is 9.86. The molecule has 1 aliphatic heterocycles. The van der Waals surface area contributed by atoms with Crippen molar-refractivity contribution in [3.8, 4) is 0 Å². The molecule has 104 valence electrons. The quantitative estimate of drug-likeness (QED) is 0.808. The van der Waals surface area contributed by atoms with E-state index < -0.39 is 0 Å². The zero-order valence-corrected chi connectivity index (χ0v) is 12.4. The van der Waals surface area contributed by atoms with Gasteiger partial charge in [-0.05, 0) is 28.2 Å². The van der Waals surface area contributed by atoms with E-state index in [9.17, 15) is 0 Å². The summed E-state index contributed by atoms with van der Waals surface area (Å²) in [6.07, 6.45) is 0.193. The number of hydrogen-bond acceptors (Lipinski definition) is 2. The highest BCUT2D eigenvalue weighted by atomic mass is 15.1. The van der Waals surface area contributed by atoms with E-state index in [1.807, 2.05) is 0 Å². The standard InChI is InChI=1S/C18H22N2/c1-18(2,3)15-10-8-13(9-11-15)17-19-12-14-6-4-5-7-16(14)20-17/h4-11,17,19-20H,12H2,1-3H3. The Balaban J connectivity index is 1.81. The van der Waals surface area contributed by atoms with Crippen molar-refractivity contribution in [3.63, 3.8) is 0 Å². The van der Waals surface area contributed by atoms with Crippen LogP contribution in [0.2, 0.25) is 0 Å². The summed E-state index contributed by atoms with van der Waals surface area (Å²) in [7, 11) is 0. The summed E-state index contributed by atoms with van der Waals surface area (Å²) in [5.41, 5.74) is 5.43. The second-order valence-corrected chi connectivity index (χ2v) is 6.49. The highest BCUT2D eigenvalue weighted by molar-refractivity contribution is 5.54. The molecule has 0 bridgehead atoms. The van der Waals surface area contributed by atoms with Crippen molar-refractivity contribution in [2.75, 3.05) is 5.32 Å². The lowest BCUT2D eigenvalue weighted by Gasteiger charge is -2.29. The molecule has 2 aromatic rings. The van der Waals surface area contributed by atoms with E-state index in [2.05, 4.69) is 79.9 Å². The molecule has 0 radical (unpaired) electrons. The lowest BCUT2D eigenvalue weighted by Crippen LogP contribution is -2.32. The van der Waals surface area contributed by atoms with E-state index in [1.54, 1.807) is 0 Å². The maximum atomic E-state index is 3.56. The van der Waals surface area contributed by atoms with Crippen LogP contribution >= 0.6 is 0 Å². The molecule has 20 heavy (non-hydrogen) atoms. The Kier molecular flexibility index (Phi) is 3.27. The summed E-state index contributed by atoms with van der Waals surface area (Å²) in [5.74, 6) is 0. The Morgan fingerprint density at radius 3 is 2.35 bits per heavy atom. The monoisotopic (exact) mass is 266 g/mol. The van der Waals surface area contributed by atoms with Crippen molar-refractivity contribution in [1.29, 1.82) is 0 Å². The fraction of sp³-hybridized carbons (Fsp3) is 0.333. The number of hydrogen-bond donors (Lipinski definition) is 2. The SMILES string of the molecule is CC(C)(C)c1ccc(C2NCc3ccccc3N2)cc1. The Morgan fingerprint density at radius 2 is 1.65 bits per heavy atom. The van der Waals surface area contributed by atoms with E-state index in [0.717, 1.165) is 6.54 Å². The predicted octanol–water partition coefficient (Wildman–Crippen LogP) is 4.20. The fourth-order valence-electron chi connectivity index (χ4n) is 2.61. The molecule has 0 amide bonds. The Morgan fingerprint density at radius 1 is 0.950 bits per heavy atom. The second-order valence-electron chi connectivity index (χ2n) is 6.49. The minimum atomic E-state index is 0.193. The zero-order chi connectivity index (χ0) is 14.2. The van der Waals surface area contributed by atoms with Gasteiger partial charge < -0.3 is 5.32 Å². The van der Waals surface area contributed by atoms with Gasteiger partial charge in [-0.3, -0.25) is 5.32 Å². The smallest absolute Gasteiger partial charge is 0.103 e. The topological polar surface area (TPSA) is 24.1 Å². The highest BCUT2D eigenvalue weighted by Crippen LogP contribution is 2.28. The molecule has 3 rings (SSSR count). The maximum Gasteiger partial charge on any atom is 0.103 e. The first-order valence-electron chi connectivity index (χ1n) is 7.22. The number of nitrogens with one attached hydrogen (secondary N) is 2. The van der Waals surface area contributed by atoms with Crippen LogP contribution in [0.1, 0.15) is 43.6 Å². The third-order valence-electron chi connectivity index (χ3n) is 3.92. The first-order chi connectivity index (χ1) is 9.54. The Hall–Kier alpha value is -1.80. The average Bonchev–Trinajstić information content (AvgIpc) is 2.46. The largest absolute Gasteiger partial charge is 0.366 e. The molecule has 1 heterocycles. The molecule has 1 atom stereocenters. The fourth-order valence-corrected chi connectivity index (χ4v) is 2.61.